The van der Waals surface area contributed by atoms with Crippen molar-refractivity contribution < 1.29 is 22.7 Å². The predicted molar refractivity (Wildman–Crippen MR) is 94.7 cm³/mol. The molecule has 1 fully saturated rings. The molecule has 0 amide bonds. The summed E-state index contributed by atoms with van der Waals surface area (Å²) < 4.78 is 47.6. The molecule has 0 aromatic carbocycles. The number of carbonyl (C=O) groups is 1. The molecule has 3 rings (SSSR count). The summed E-state index contributed by atoms with van der Waals surface area (Å²) in [6.07, 6.45) is 1.46. The molecule has 9 heteroatoms. The first-order valence-electron chi connectivity index (χ1n) is 9.27. The zero-order valence-electron chi connectivity index (χ0n) is 15.4. The minimum atomic E-state index is -4.79. The summed E-state index contributed by atoms with van der Waals surface area (Å²) >= 11 is 0. The summed E-state index contributed by atoms with van der Waals surface area (Å²) in [5.41, 5.74) is -1.56. The topological polar surface area (TPSA) is 69.0 Å². The fourth-order valence-electron chi connectivity index (χ4n) is 3.53. The smallest absolute Gasteiger partial charge is 0.434 e. The summed E-state index contributed by atoms with van der Waals surface area (Å²) in [6.45, 7) is 3.68. The van der Waals surface area contributed by atoms with Crippen LogP contribution in [0.15, 0.2) is 6.20 Å². The first-order valence-corrected chi connectivity index (χ1v) is 9.27. The van der Waals surface area contributed by atoms with E-state index in [2.05, 4.69) is 15.4 Å². The summed E-state index contributed by atoms with van der Waals surface area (Å²) in [5, 5.41) is 7.72. The third kappa shape index (κ3) is 3.86. The molecule has 0 atom stereocenters. The monoisotopic (exact) mass is 384 g/mol. The maximum Gasteiger partial charge on any atom is 0.434 e. The van der Waals surface area contributed by atoms with Gasteiger partial charge in [-0.15, -0.1) is 0 Å². The van der Waals surface area contributed by atoms with Crippen LogP contribution in [0.5, 0.6) is 0 Å². The van der Waals surface area contributed by atoms with Crippen LogP contribution < -0.4 is 5.32 Å². The maximum absolute atomic E-state index is 13.7. The number of carbonyl (C=O) groups excluding carboxylic acids is 1. The number of halogens is 3. The van der Waals surface area contributed by atoms with Gasteiger partial charge >= 0.3 is 12.1 Å². The number of nitrogens with one attached hydrogen (secondary N) is 1. The highest BCUT2D eigenvalue weighted by Gasteiger charge is 2.41. The number of fused-ring (bicyclic) bond motifs is 1. The number of nitrogens with zero attached hydrogens (tertiary/aromatic N) is 3. The van der Waals surface area contributed by atoms with E-state index in [9.17, 15) is 18.0 Å². The second-order valence-electron chi connectivity index (χ2n) is 6.61. The van der Waals surface area contributed by atoms with Gasteiger partial charge < -0.3 is 10.1 Å². The number of aromatic nitrogens is 3. The van der Waals surface area contributed by atoms with Crippen LogP contribution >= 0.6 is 0 Å². The van der Waals surface area contributed by atoms with Crippen LogP contribution in [0, 0.1) is 0 Å². The molecular weight excluding hydrogens is 361 g/mol. The molecule has 2 aromatic heterocycles. The first kappa shape index (κ1) is 19.4. The second kappa shape index (κ2) is 7.74. The van der Waals surface area contributed by atoms with Crippen molar-refractivity contribution in [1.82, 2.24) is 14.8 Å². The third-order valence-corrected chi connectivity index (χ3v) is 4.79. The lowest BCUT2D eigenvalue weighted by molar-refractivity contribution is -0.141. The number of esters is 1. The number of alkyl halides is 3. The number of rotatable bonds is 5. The van der Waals surface area contributed by atoms with E-state index < -0.39 is 23.4 Å². The highest BCUT2D eigenvalue weighted by molar-refractivity contribution is 6.05. The Morgan fingerprint density at radius 1 is 1.30 bits per heavy atom. The Kier molecular flexibility index (Phi) is 5.57. The van der Waals surface area contributed by atoms with Crippen LogP contribution in [0.4, 0.5) is 18.9 Å². The summed E-state index contributed by atoms with van der Waals surface area (Å²) in [5.74, 6) is -1.03. The van der Waals surface area contributed by atoms with Gasteiger partial charge in [0.1, 0.15) is 5.56 Å². The third-order valence-electron chi connectivity index (χ3n) is 4.79. The van der Waals surface area contributed by atoms with Crippen LogP contribution in [0.1, 0.15) is 62.0 Å². The zero-order valence-corrected chi connectivity index (χ0v) is 15.4. The molecule has 0 saturated heterocycles. The molecule has 6 nitrogen and oxygen atoms in total. The Morgan fingerprint density at radius 2 is 2.00 bits per heavy atom. The van der Waals surface area contributed by atoms with Crippen LogP contribution in [0.25, 0.3) is 11.0 Å². The van der Waals surface area contributed by atoms with Gasteiger partial charge in [-0.25, -0.2) is 14.5 Å². The molecule has 1 saturated carbocycles. The molecule has 0 bridgehead atoms. The van der Waals surface area contributed by atoms with Gasteiger partial charge in [0.05, 0.1) is 23.9 Å². The van der Waals surface area contributed by atoms with Gasteiger partial charge in [-0.3, -0.25) is 0 Å². The van der Waals surface area contributed by atoms with E-state index in [1.807, 2.05) is 0 Å². The Bertz CT molecular complexity index is 826. The molecule has 1 N–H and O–H groups in total. The molecule has 0 aliphatic heterocycles. The molecule has 27 heavy (non-hydrogen) atoms. The van der Waals surface area contributed by atoms with E-state index in [4.69, 9.17) is 4.74 Å². The minimum absolute atomic E-state index is 0.00332. The fourth-order valence-corrected chi connectivity index (χ4v) is 3.53. The van der Waals surface area contributed by atoms with Gasteiger partial charge in [-0.2, -0.15) is 18.3 Å². The van der Waals surface area contributed by atoms with E-state index in [1.54, 1.807) is 13.8 Å². The lowest BCUT2D eigenvalue weighted by atomic mass is 9.94. The van der Waals surface area contributed by atoms with Crippen molar-refractivity contribution in [2.45, 2.75) is 64.7 Å². The number of ether oxygens (including phenoxy) is 1. The zero-order chi connectivity index (χ0) is 19.6. The lowest BCUT2D eigenvalue weighted by Crippen LogP contribution is -2.26. The summed E-state index contributed by atoms with van der Waals surface area (Å²) in [6, 6.07) is 0.00332. The van der Waals surface area contributed by atoms with Gasteiger partial charge in [0.15, 0.2) is 11.3 Å². The quantitative estimate of drug-likeness (QED) is 0.775. The van der Waals surface area contributed by atoms with Crippen LogP contribution in [-0.2, 0) is 17.5 Å². The number of hydrogen-bond donors (Lipinski definition) is 1. The Morgan fingerprint density at radius 3 is 2.59 bits per heavy atom. The second-order valence-corrected chi connectivity index (χ2v) is 6.61. The summed E-state index contributed by atoms with van der Waals surface area (Å²) in [7, 11) is 0. The van der Waals surface area contributed by atoms with Crippen LogP contribution in [-0.4, -0.2) is 33.4 Å². The van der Waals surface area contributed by atoms with Gasteiger partial charge in [-0.05, 0) is 26.7 Å². The van der Waals surface area contributed by atoms with Crippen molar-refractivity contribution in [2.24, 2.45) is 0 Å². The lowest BCUT2D eigenvalue weighted by Gasteiger charge is -2.26. The summed E-state index contributed by atoms with van der Waals surface area (Å²) in [4.78, 5) is 16.2. The number of pyridine rings is 1. The van der Waals surface area contributed by atoms with E-state index in [0.29, 0.717) is 11.9 Å². The Labute approximate surface area is 155 Å². The van der Waals surface area contributed by atoms with Gasteiger partial charge in [0.2, 0.25) is 0 Å². The van der Waals surface area contributed by atoms with Gasteiger partial charge in [-0.1, -0.05) is 19.3 Å². The Hall–Kier alpha value is -2.32. The average Bonchev–Trinajstić information content (AvgIpc) is 3.05. The standard InChI is InChI=1S/C18H23F3N4O2/c1-3-25-16-12(10-22-25)14(23-11-8-6-5-7-9-11)13(17(26)27-4-2)15(24-16)18(19,20)21/h10-11H,3-9H2,1-2H3,(H,23,24). The van der Waals surface area contributed by atoms with E-state index in [0.717, 1.165) is 32.1 Å². The molecule has 0 spiro atoms. The highest BCUT2D eigenvalue weighted by atomic mass is 19.4. The number of aryl methyl sites for hydroxylation is 1. The molecule has 1 aliphatic carbocycles. The van der Waals surface area contributed by atoms with Crippen molar-refractivity contribution in [3.63, 3.8) is 0 Å². The van der Waals surface area contributed by atoms with E-state index >= 15 is 0 Å². The van der Waals surface area contributed by atoms with Crippen molar-refractivity contribution >= 4 is 22.7 Å². The first-order chi connectivity index (χ1) is 12.9. The largest absolute Gasteiger partial charge is 0.462 e. The van der Waals surface area contributed by atoms with Gasteiger partial charge in [0.25, 0.3) is 0 Å². The molecule has 2 heterocycles. The molecule has 0 radical (unpaired) electrons. The van der Waals surface area contributed by atoms with Crippen molar-refractivity contribution in [3.8, 4) is 0 Å². The molecule has 1 aliphatic rings. The molecule has 0 unspecified atom stereocenters. The van der Waals surface area contributed by atoms with Crippen molar-refractivity contribution in [1.29, 1.82) is 0 Å². The van der Waals surface area contributed by atoms with Crippen LogP contribution in [0.3, 0.4) is 0 Å². The molecule has 2 aromatic rings. The average molecular weight is 384 g/mol. The van der Waals surface area contributed by atoms with E-state index in [-0.39, 0.29) is 24.0 Å². The SMILES string of the molecule is CCOC(=O)c1c(C(F)(F)F)nc2c(cnn2CC)c1NC1CCCCC1. The number of anilines is 1. The fraction of sp³-hybridized carbons (Fsp3) is 0.611. The minimum Gasteiger partial charge on any atom is -0.462 e. The van der Waals surface area contributed by atoms with Crippen molar-refractivity contribution in [3.05, 3.63) is 17.5 Å². The highest BCUT2D eigenvalue weighted by Crippen LogP contribution is 2.39. The number of hydrogen-bond acceptors (Lipinski definition) is 5. The van der Waals surface area contributed by atoms with Crippen molar-refractivity contribution in [2.75, 3.05) is 11.9 Å². The predicted octanol–water partition coefficient (Wildman–Crippen LogP) is 4.39. The normalized spacial score (nSPS) is 15.9. The molecular formula is C18H23F3N4O2. The van der Waals surface area contributed by atoms with Crippen LogP contribution in [0.2, 0.25) is 0 Å². The Balaban J connectivity index is 2.24. The maximum atomic E-state index is 13.7. The molecule has 148 valence electrons. The van der Waals surface area contributed by atoms with E-state index in [1.165, 1.54) is 10.9 Å². The van der Waals surface area contributed by atoms with Gasteiger partial charge in [0, 0.05) is 12.6 Å².